The summed E-state index contributed by atoms with van der Waals surface area (Å²) in [4.78, 5) is 7.24. The number of hydrogen-bond donors (Lipinski definition) is 0. The minimum Gasteiger partial charge on any atom is -0.496 e. The van der Waals surface area contributed by atoms with Gasteiger partial charge in [-0.2, -0.15) is 0 Å². The van der Waals surface area contributed by atoms with Gasteiger partial charge in [0.25, 0.3) is 0 Å². The molecule has 3 heteroatoms. The monoisotopic (exact) mass is 326 g/mol. The van der Waals surface area contributed by atoms with E-state index in [-0.39, 0.29) is 0 Å². The van der Waals surface area contributed by atoms with Crippen molar-refractivity contribution in [1.29, 1.82) is 0 Å². The van der Waals surface area contributed by atoms with Gasteiger partial charge in [-0.3, -0.25) is 4.98 Å². The van der Waals surface area contributed by atoms with Gasteiger partial charge in [-0.1, -0.05) is 19.9 Å². The fourth-order valence-corrected chi connectivity index (χ4v) is 4.44. The molecule has 0 amide bonds. The third kappa shape index (κ3) is 3.02. The minimum atomic E-state index is 0.684. The molecule has 3 atom stereocenters. The maximum absolute atomic E-state index is 5.57. The lowest BCUT2D eigenvalue weighted by Crippen LogP contribution is -2.39. The maximum Gasteiger partial charge on any atom is 0.130 e. The van der Waals surface area contributed by atoms with E-state index >= 15 is 0 Å². The van der Waals surface area contributed by atoms with Crippen molar-refractivity contribution >= 4 is 10.9 Å². The van der Waals surface area contributed by atoms with E-state index in [1.54, 1.807) is 7.11 Å². The van der Waals surface area contributed by atoms with Gasteiger partial charge in [0, 0.05) is 29.2 Å². The van der Waals surface area contributed by atoms with Crippen LogP contribution in [0.5, 0.6) is 5.75 Å². The molecule has 0 radical (unpaired) electrons. The molecule has 0 spiro atoms. The second-order valence-electron chi connectivity index (χ2n) is 6.96. The third-order valence-corrected chi connectivity index (χ3v) is 5.71. The van der Waals surface area contributed by atoms with Crippen LogP contribution in [-0.4, -0.2) is 36.1 Å². The summed E-state index contributed by atoms with van der Waals surface area (Å²) in [6, 6.07) is 10.3. The molecule has 2 aliphatic heterocycles. The predicted octanol–water partition coefficient (Wildman–Crippen LogP) is 4.92. The van der Waals surface area contributed by atoms with Crippen LogP contribution in [0.15, 0.2) is 24.3 Å². The summed E-state index contributed by atoms with van der Waals surface area (Å²) in [5, 5.41) is 1.15. The number of fused-ring (bicyclic) bond motifs is 3. The van der Waals surface area contributed by atoms with Gasteiger partial charge in [-0.05, 0) is 63.3 Å². The van der Waals surface area contributed by atoms with Crippen molar-refractivity contribution in [2.24, 2.45) is 0 Å². The molecule has 2 unspecified atom stereocenters. The van der Waals surface area contributed by atoms with Gasteiger partial charge in [0.1, 0.15) is 5.75 Å². The zero-order valence-corrected chi connectivity index (χ0v) is 15.7. The largest absolute Gasteiger partial charge is 0.496 e. The van der Waals surface area contributed by atoms with Gasteiger partial charge < -0.3 is 9.64 Å². The summed E-state index contributed by atoms with van der Waals surface area (Å²) >= 11 is 0. The summed E-state index contributed by atoms with van der Waals surface area (Å²) in [6.07, 6.45) is 5.32. The molecule has 2 bridgehead atoms. The highest BCUT2D eigenvalue weighted by Crippen LogP contribution is 2.43. The number of aryl methyl sites for hydroxylation is 1. The number of rotatable bonds is 2. The van der Waals surface area contributed by atoms with Crippen LogP contribution in [0.4, 0.5) is 0 Å². The number of hydrogen-bond acceptors (Lipinski definition) is 3. The quantitative estimate of drug-likeness (QED) is 0.783. The van der Waals surface area contributed by atoms with E-state index < -0.39 is 0 Å². The van der Waals surface area contributed by atoms with Crippen molar-refractivity contribution in [2.75, 3.05) is 14.2 Å². The molecule has 4 rings (SSSR count). The van der Waals surface area contributed by atoms with Crippen LogP contribution < -0.4 is 4.74 Å². The van der Waals surface area contributed by atoms with Crippen molar-refractivity contribution < 1.29 is 4.74 Å². The summed E-state index contributed by atoms with van der Waals surface area (Å²) in [6.45, 7) is 6.02. The number of nitrogens with zero attached hydrogens (tertiary/aromatic N) is 2. The smallest absolute Gasteiger partial charge is 0.130 e. The Balaban J connectivity index is 0.000000815. The molecule has 3 heterocycles. The molecule has 2 aliphatic rings. The lowest BCUT2D eigenvalue weighted by molar-refractivity contribution is 0.162. The van der Waals surface area contributed by atoms with E-state index in [0.717, 1.165) is 34.4 Å². The average Bonchev–Trinajstić information content (AvgIpc) is 2.83. The average molecular weight is 326 g/mol. The first kappa shape index (κ1) is 17.2. The SMILES string of the molecule is CC.COc1cc(C)nc2ccc(C3CC4CC[C@@H](C3)N4C)cc12. The first-order valence-electron chi connectivity index (χ1n) is 9.33. The summed E-state index contributed by atoms with van der Waals surface area (Å²) in [7, 11) is 4.05. The number of methoxy groups -OCH3 is 1. The molecular weight excluding hydrogens is 296 g/mol. The Morgan fingerprint density at radius 1 is 1.08 bits per heavy atom. The van der Waals surface area contributed by atoms with Crippen LogP contribution in [0.25, 0.3) is 10.9 Å². The molecule has 0 N–H and O–H groups in total. The molecule has 2 fully saturated rings. The highest BCUT2D eigenvalue weighted by Gasteiger charge is 2.38. The Morgan fingerprint density at radius 3 is 2.38 bits per heavy atom. The minimum absolute atomic E-state index is 0.684. The zero-order chi connectivity index (χ0) is 17.3. The van der Waals surface area contributed by atoms with E-state index in [1.807, 2.05) is 26.8 Å². The van der Waals surface area contributed by atoms with Crippen molar-refractivity contribution in [3.8, 4) is 5.75 Å². The Hall–Kier alpha value is -1.61. The van der Waals surface area contributed by atoms with Crippen LogP contribution in [-0.2, 0) is 0 Å². The highest BCUT2D eigenvalue weighted by molar-refractivity contribution is 5.86. The van der Waals surface area contributed by atoms with Crippen molar-refractivity contribution in [3.05, 3.63) is 35.5 Å². The molecule has 2 saturated heterocycles. The van der Waals surface area contributed by atoms with Gasteiger partial charge in [-0.25, -0.2) is 0 Å². The molecule has 1 aromatic heterocycles. The number of benzene rings is 1. The second kappa shape index (κ2) is 7.10. The molecular formula is C21H30N2O. The standard InChI is InChI=1S/C19H24N2O.C2H6/c1-12-8-19(22-3)17-11-13(4-7-18(17)20-12)14-9-15-5-6-16(10-14)21(15)2;1-2/h4,7-8,11,14-16H,5-6,9-10H2,1-3H3;1-2H3/t14?,15-,16?;/m0./s1. The Labute approximate surface area is 146 Å². The summed E-state index contributed by atoms with van der Waals surface area (Å²) in [5.74, 6) is 1.63. The lowest BCUT2D eigenvalue weighted by atomic mass is 9.85. The van der Waals surface area contributed by atoms with Crippen molar-refractivity contribution in [2.45, 2.75) is 64.5 Å². The fraction of sp³-hybridized carbons (Fsp3) is 0.571. The van der Waals surface area contributed by atoms with Crippen LogP contribution in [0.2, 0.25) is 0 Å². The molecule has 3 nitrogen and oxygen atoms in total. The predicted molar refractivity (Wildman–Crippen MR) is 101 cm³/mol. The van der Waals surface area contributed by atoms with Gasteiger partial charge in [-0.15, -0.1) is 0 Å². The summed E-state index contributed by atoms with van der Waals surface area (Å²) in [5.41, 5.74) is 3.51. The number of pyridine rings is 1. The first-order chi connectivity index (χ1) is 11.7. The second-order valence-corrected chi connectivity index (χ2v) is 6.96. The van der Waals surface area contributed by atoms with Crippen LogP contribution in [0.3, 0.4) is 0 Å². The number of aromatic nitrogens is 1. The van der Waals surface area contributed by atoms with Gasteiger partial charge in [0.05, 0.1) is 12.6 Å². The zero-order valence-electron chi connectivity index (χ0n) is 15.7. The van der Waals surface area contributed by atoms with E-state index in [4.69, 9.17) is 4.74 Å². The highest BCUT2D eigenvalue weighted by atomic mass is 16.5. The molecule has 24 heavy (non-hydrogen) atoms. The van der Waals surface area contributed by atoms with Gasteiger partial charge in [0.15, 0.2) is 0 Å². The van der Waals surface area contributed by atoms with Crippen molar-refractivity contribution in [3.63, 3.8) is 0 Å². The molecule has 0 aliphatic carbocycles. The van der Waals surface area contributed by atoms with Crippen molar-refractivity contribution in [1.82, 2.24) is 9.88 Å². The van der Waals surface area contributed by atoms with Gasteiger partial charge in [0.2, 0.25) is 0 Å². The van der Waals surface area contributed by atoms with Crippen LogP contribution in [0, 0.1) is 6.92 Å². The maximum atomic E-state index is 5.57. The van der Waals surface area contributed by atoms with Gasteiger partial charge >= 0.3 is 0 Å². The topological polar surface area (TPSA) is 25.4 Å². The Bertz CT molecular complexity index is 698. The van der Waals surface area contributed by atoms with E-state index in [0.29, 0.717) is 5.92 Å². The van der Waals surface area contributed by atoms with E-state index in [9.17, 15) is 0 Å². The Kier molecular flexibility index (Phi) is 5.09. The lowest BCUT2D eigenvalue weighted by Gasteiger charge is -2.36. The third-order valence-electron chi connectivity index (χ3n) is 5.71. The first-order valence-corrected chi connectivity index (χ1v) is 9.33. The fourth-order valence-electron chi connectivity index (χ4n) is 4.44. The summed E-state index contributed by atoms with van der Waals surface area (Å²) < 4.78 is 5.57. The molecule has 1 aromatic carbocycles. The van der Waals surface area contributed by atoms with E-state index in [2.05, 4.69) is 35.1 Å². The van der Waals surface area contributed by atoms with Crippen LogP contribution >= 0.6 is 0 Å². The van der Waals surface area contributed by atoms with Crippen LogP contribution in [0.1, 0.15) is 56.7 Å². The number of piperidine rings is 1. The van der Waals surface area contributed by atoms with E-state index in [1.165, 1.54) is 31.2 Å². The number of ether oxygens (including phenoxy) is 1. The molecule has 2 aromatic rings. The Morgan fingerprint density at radius 2 is 1.75 bits per heavy atom. The molecule has 130 valence electrons. The molecule has 0 saturated carbocycles. The normalized spacial score (nSPS) is 26.1.